The van der Waals surface area contributed by atoms with Crippen LogP contribution in [0, 0.1) is 0 Å². The van der Waals surface area contributed by atoms with Gasteiger partial charge in [-0.05, 0) is 55.7 Å². The summed E-state index contributed by atoms with van der Waals surface area (Å²) in [6.07, 6.45) is 0.416. The van der Waals surface area contributed by atoms with Crippen molar-refractivity contribution in [1.29, 1.82) is 0 Å². The number of imide groups is 1. The second-order valence-corrected chi connectivity index (χ2v) is 8.83. The fourth-order valence-corrected chi connectivity index (χ4v) is 4.64. The second kappa shape index (κ2) is 9.87. The molecule has 1 aliphatic rings. The van der Waals surface area contributed by atoms with Crippen molar-refractivity contribution in [2.45, 2.75) is 32.1 Å². The fourth-order valence-electron chi connectivity index (χ4n) is 3.01. The molecule has 1 fully saturated rings. The Morgan fingerprint density at radius 2 is 1.69 bits per heavy atom. The SMILES string of the molecule is CCOc1cc(Br)c(C[C@H]2SC(=O)N(Cc3ccc(Cl)cc3)C2=O)cc1OCC. The van der Waals surface area contributed by atoms with E-state index in [0.717, 1.165) is 27.4 Å². The van der Waals surface area contributed by atoms with Crippen LogP contribution in [0.4, 0.5) is 4.79 Å². The molecule has 1 heterocycles. The van der Waals surface area contributed by atoms with Gasteiger partial charge in [0, 0.05) is 9.50 Å². The maximum Gasteiger partial charge on any atom is 0.289 e. The molecule has 29 heavy (non-hydrogen) atoms. The van der Waals surface area contributed by atoms with Gasteiger partial charge in [0.2, 0.25) is 5.91 Å². The van der Waals surface area contributed by atoms with Gasteiger partial charge in [0.1, 0.15) is 0 Å². The Morgan fingerprint density at radius 3 is 2.31 bits per heavy atom. The molecule has 0 N–H and O–H groups in total. The molecule has 1 aliphatic heterocycles. The first-order valence-electron chi connectivity index (χ1n) is 9.27. The summed E-state index contributed by atoms with van der Waals surface area (Å²) in [7, 11) is 0. The number of nitrogens with zero attached hydrogens (tertiary/aromatic N) is 1. The molecular weight excluding hydrogens is 478 g/mol. The summed E-state index contributed by atoms with van der Waals surface area (Å²) in [5.41, 5.74) is 1.75. The van der Waals surface area contributed by atoms with Crippen molar-refractivity contribution in [1.82, 2.24) is 4.90 Å². The summed E-state index contributed by atoms with van der Waals surface area (Å²) in [6, 6.07) is 10.9. The van der Waals surface area contributed by atoms with Crippen LogP contribution in [0.1, 0.15) is 25.0 Å². The van der Waals surface area contributed by atoms with Gasteiger partial charge < -0.3 is 9.47 Å². The average Bonchev–Trinajstić information content (AvgIpc) is 2.95. The highest BCUT2D eigenvalue weighted by Gasteiger charge is 2.39. The van der Waals surface area contributed by atoms with Crippen LogP contribution in [0.5, 0.6) is 11.5 Å². The summed E-state index contributed by atoms with van der Waals surface area (Å²) in [6.45, 7) is 5.09. The first kappa shape index (κ1) is 22.0. The number of carbonyl (C=O) groups excluding carboxylic acids is 2. The molecule has 0 aromatic heterocycles. The van der Waals surface area contributed by atoms with Crippen LogP contribution in [0.2, 0.25) is 5.02 Å². The zero-order valence-corrected chi connectivity index (χ0v) is 19.3. The van der Waals surface area contributed by atoms with Gasteiger partial charge in [-0.15, -0.1) is 0 Å². The van der Waals surface area contributed by atoms with Crippen molar-refractivity contribution < 1.29 is 19.1 Å². The Morgan fingerprint density at radius 1 is 1.07 bits per heavy atom. The van der Waals surface area contributed by atoms with Gasteiger partial charge >= 0.3 is 0 Å². The minimum Gasteiger partial charge on any atom is -0.490 e. The molecule has 0 aliphatic carbocycles. The quantitative estimate of drug-likeness (QED) is 0.467. The van der Waals surface area contributed by atoms with Crippen molar-refractivity contribution >= 4 is 50.4 Å². The van der Waals surface area contributed by atoms with Gasteiger partial charge in [-0.3, -0.25) is 14.5 Å². The number of hydrogen-bond acceptors (Lipinski definition) is 5. The van der Waals surface area contributed by atoms with E-state index in [1.165, 1.54) is 4.90 Å². The van der Waals surface area contributed by atoms with Crippen molar-refractivity contribution in [3.8, 4) is 11.5 Å². The van der Waals surface area contributed by atoms with Crippen LogP contribution in [0.3, 0.4) is 0 Å². The highest BCUT2D eigenvalue weighted by molar-refractivity contribution is 9.10. The monoisotopic (exact) mass is 497 g/mol. The molecule has 2 amide bonds. The van der Waals surface area contributed by atoms with E-state index < -0.39 is 5.25 Å². The normalized spacial score (nSPS) is 16.4. The fraction of sp³-hybridized carbons (Fsp3) is 0.333. The van der Waals surface area contributed by atoms with E-state index in [4.69, 9.17) is 21.1 Å². The third kappa shape index (κ3) is 5.27. The molecular formula is C21H21BrClNO4S. The minimum atomic E-state index is -0.474. The van der Waals surface area contributed by atoms with Crippen LogP contribution in [0.25, 0.3) is 0 Å². The lowest BCUT2D eigenvalue weighted by molar-refractivity contribution is -0.127. The highest BCUT2D eigenvalue weighted by atomic mass is 79.9. The van der Waals surface area contributed by atoms with Gasteiger partial charge in [0.25, 0.3) is 5.24 Å². The smallest absolute Gasteiger partial charge is 0.289 e. The van der Waals surface area contributed by atoms with Crippen LogP contribution < -0.4 is 9.47 Å². The molecule has 3 rings (SSSR count). The molecule has 1 atom stereocenters. The second-order valence-electron chi connectivity index (χ2n) is 6.38. The maximum atomic E-state index is 12.9. The lowest BCUT2D eigenvalue weighted by atomic mass is 10.1. The maximum absolute atomic E-state index is 12.9. The molecule has 0 bridgehead atoms. The zero-order valence-electron chi connectivity index (χ0n) is 16.1. The Balaban J connectivity index is 1.76. The van der Waals surface area contributed by atoms with Gasteiger partial charge in [0.05, 0.1) is 25.0 Å². The Bertz CT molecular complexity index is 906. The van der Waals surface area contributed by atoms with Gasteiger partial charge in [-0.1, -0.05) is 51.4 Å². The van der Waals surface area contributed by atoms with Crippen LogP contribution in [-0.4, -0.2) is 34.5 Å². The number of thioether (sulfide) groups is 1. The Kier molecular flexibility index (Phi) is 7.49. The lowest BCUT2D eigenvalue weighted by Crippen LogP contribution is -2.31. The van der Waals surface area contributed by atoms with Crippen molar-refractivity contribution in [2.75, 3.05) is 13.2 Å². The molecule has 2 aromatic carbocycles. The number of rotatable bonds is 8. The zero-order chi connectivity index (χ0) is 21.0. The number of carbonyl (C=O) groups is 2. The summed E-state index contributed by atoms with van der Waals surface area (Å²) >= 11 is 10.5. The largest absolute Gasteiger partial charge is 0.490 e. The summed E-state index contributed by atoms with van der Waals surface area (Å²) < 4.78 is 12.1. The summed E-state index contributed by atoms with van der Waals surface area (Å²) in [5.74, 6) is 1.09. The lowest BCUT2D eigenvalue weighted by Gasteiger charge is -2.16. The first-order chi connectivity index (χ1) is 13.9. The van der Waals surface area contributed by atoms with Crippen molar-refractivity contribution in [2.24, 2.45) is 0 Å². The molecule has 0 saturated carbocycles. The predicted molar refractivity (Wildman–Crippen MR) is 119 cm³/mol. The number of ether oxygens (including phenoxy) is 2. The number of halogens is 2. The van der Waals surface area contributed by atoms with E-state index >= 15 is 0 Å². The highest BCUT2D eigenvalue weighted by Crippen LogP contribution is 2.37. The number of benzene rings is 2. The molecule has 0 unspecified atom stereocenters. The minimum absolute atomic E-state index is 0.186. The molecule has 0 spiro atoms. The standard InChI is InChI=1S/C21H21BrClNO4S/c1-3-27-17-9-14(16(22)11-18(17)28-4-2)10-19-20(25)24(21(26)29-19)12-13-5-7-15(23)8-6-13/h5-9,11,19H,3-4,10,12H2,1-2H3/t19-/m1/s1. The van der Waals surface area contributed by atoms with Gasteiger partial charge in [-0.2, -0.15) is 0 Å². The van der Waals surface area contributed by atoms with E-state index in [1.54, 1.807) is 12.1 Å². The third-order valence-corrected chi connectivity index (χ3v) is 6.44. The van der Waals surface area contributed by atoms with Crippen molar-refractivity contribution in [3.05, 3.63) is 57.0 Å². The van der Waals surface area contributed by atoms with E-state index in [2.05, 4.69) is 15.9 Å². The van der Waals surface area contributed by atoms with Gasteiger partial charge in [0.15, 0.2) is 11.5 Å². The van der Waals surface area contributed by atoms with Crippen LogP contribution in [0.15, 0.2) is 40.9 Å². The molecule has 8 heteroatoms. The summed E-state index contributed by atoms with van der Waals surface area (Å²) in [5, 5.41) is -0.0916. The first-order valence-corrected chi connectivity index (χ1v) is 11.3. The number of hydrogen-bond donors (Lipinski definition) is 0. The molecule has 5 nitrogen and oxygen atoms in total. The van der Waals surface area contributed by atoms with Crippen molar-refractivity contribution in [3.63, 3.8) is 0 Å². The summed E-state index contributed by atoms with van der Waals surface area (Å²) in [4.78, 5) is 26.6. The molecule has 1 saturated heterocycles. The van der Waals surface area contributed by atoms with Crippen LogP contribution in [-0.2, 0) is 17.8 Å². The van der Waals surface area contributed by atoms with Crippen LogP contribution >= 0.6 is 39.3 Å². The van der Waals surface area contributed by atoms with Gasteiger partial charge in [-0.25, -0.2) is 0 Å². The Hall–Kier alpha value is -1.70. The molecule has 154 valence electrons. The Labute approximate surface area is 187 Å². The molecule has 0 radical (unpaired) electrons. The van der Waals surface area contributed by atoms with E-state index in [0.29, 0.717) is 36.2 Å². The topological polar surface area (TPSA) is 55.8 Å². The predicted octanol–water partition coefficient (Wildman–Crippen LogP) is 5.71. The molecule has 2 aromatic rings. The van der Waals surface area contributed by atoms with E-state index in [9.17, 15) is 9.59 Å². The van der Waals surface area contributed by atoms with E-state index in [-0.39, 0.29) is 17.7 Å². The third-order valence-electron chi connectivity index (χ3n) is 4.38. The number of amides is 2. The average molecular weight is 499 g/mol. The van der Waals surface area contributed by atoms with E-state index in [1.807, 2.05) is 38.1 Å².